The van der Waals surface area contributed by atoms with Crippen LogP contribution in [-0.4, -0.2) is 13.2 Å². The molecule has 0 saturated carbocycles. The van der Waals surface area contributed by atoms with Gasteiger partial charge < -0.3 is 4.74 Å². The summed E-state index contributed by atoms with van der Waals surface area (Å²) >= 11 is 0. The highest BCUT2D eigenvalue weighted by atomic mass is 16.5. The van der Waals surface area contributed by atoms with E-state index in [1.54, 1.807) is 0 Å². The van der Waals surface area contributed by atoms with Gasteiger partial charge in [0.25, 0.3) is 0 Å². The fourth-order valence-electron chi connectivity index (χ4n) is 3.97. The van der Waals surface area contributed by atoms with Gasteiger partial charge in [0.1, 0.15) is 0 Å². The van der Waals surface area contributed by atoms with Gasteiger partial charge in [-0.05, 0) is 82.7 Å². The zero-order valence-electron chi connectivity index (χ0n) is 21.4. The molecule has 2 aromatic rings. The van der Waals surface area contributed by atoms with Gasteiger partial charge in [-0.25, -0.2) is 0 Å². The van der Waals surface area contributed by atoms with Gasteiger partial charge in [0, 0.05) is 13.2 Å². The average Bonchev–Trinajstić information content (AvgIpc) is 2.72. The van der Waals surface area contributed by atoms with Crippen LogP contribution < -0.4 is 0 Å². The molecule has 0 aliphatic rings. The number of aryl methyl sites for hydroxylation is 2. The molecule has 0 amide bonds. The van der Waals surface area contributed by atoms with Crippen LogP contribution in [0.5, 0.6) is 0 Å². The average molecular weight is 423 g/mol. The van der Waals surface area contributed by atoms with E-state index in [1.165, 1.54) is 33.4 Å². The van der Waals surface area contributed by atoms with Crippen LogP contribution in [0.3, 0.4) is 0 Å². The zero-order valence-corrected chi connectivity index (χ0v) is 21.4. The van der Waals surface area contributed by atoms with E-state index in [9.17, 15) is 0 Å². The van der Waals surface area contributed by atoms with Crippen LogP contribution in [0.1, 0.15) is 125 Å². The number of hydrogen-bond acceptors (Lipinski definition) is 1. The van der Waals surface area contributed by atoms with Crippen LogP contribution in [0.25, 0.3) is 0 Å². The molecule has 2 rings (SSSR count). The Hall–Kier alpha value is -1.60. The first-order valence-electron chi connectivity index (χ1n) is 12.5. The summed E-state index contributed by atoms with van der Waals surface area (Å²) in [5.41, 5.74) is 8.78. The Kier molecular flexibility index (Phi) is 10.3. The monoisotopic (exact) mass is 422 g/mol. The first-order chi connectivity index (χ1) is 14.7. The van der Waals surface area contributed by atoms with Crippen molar-refractivity contribution in [3.8, 4) is 0 Å². The van der Waals surface area contributed by atoms with Crippen molar-refractivity contribution in [2.45, 2.75) is 105 Å². The molecule has 0 aliphatic carbocycles. The Morgan fingerprint density at radius 1 is 0.484 bits per heavy atom. The lowest BCUT2D eigenvalue weighted by Gasteiger charge is -2.15. The highest BCUT2D eigenvalue weighted by Crippen LogP contribution is 2.25. The van der Waals surface area contributed by atoms with E-state index in [1.807, 2.05) is 0 Å². The number of rotatable bonds is 12. The van der Waals surface area contributed by atoms with Crippen LogP contribution >= 0.6 is 0 Å². The van der Waals surface area contributed by atoms with Gasteiger partial charge in [-0.15, -0.1) is 0 Å². The van der Waals surface area contributed by atoms with Crippen molar-refractivity contribution in [1.82, 2.24) is 0 Å². The third-order valence-electron chi connectivity index (χ3n) is 6.25. The Morgan fingerprint density at radius 2 is 0.774 bits per heavy atom. The molecule has 0 aliphatic heterocycles. The van der Waals surface area contributed by atoms with Crippen molar-refractivity contribution in [2.24, 2.45) is 0 Å². The molecule has 0 aromatic heterocycles. The lowest BCUT2D eigenvalue weighted by molar-refractivity contribution is 0.130. The Balaban J connectivity index is 1.78. The predicted octanol–water partition coefficient (Wildman–Crippen LogP) is 8.76. The van der Waals surface area contributed by atoms with Crippen molar-refractivity contribution in [1.29, 1.82) is 0 Å². The minimum atomic E-state index is 0.583. The minimum absolute atomic E-state index is 0.583. The van der Waals surface area contributed by atoms with Crippen LogP contribution in [0.2, 0.25) is 0 Å². The van der Waals surface area contributed by atoms with Crippen LogP contribution in [0, 0.1) is 0 Å². The molecule has 0 heterocycles. The quantitative estimate of drug-likeness (QED) is 0.311. The van der Waals surface area contributed by atoms with Gasteiger partial charge in [0.05, 0.1) is 0 Å². The minimum Gasteiger partial charge on any atom is -0.381 e. The lowest BCUT2D eigenvalue weighted by atomic mass is 9.92. The molecular weight excluding hydrogens is 376 g/mol. The summed E-state index contributed by atoms with van der Waals surface area (Å²) in [5.74, 6) is 2.33. The summed E-state index contributed by atoms with van der Waals surface area (Å²) in [7, 11) is 0. The van der Waals surface area contributed by atoms with Gasteiger partial charge in [-0.3, -0.25) is 0 Å². The molecule has 31 heavy (non-hydrogen) atoms. The molecule has 1 nitrogen and oxygen atoms in total. The van der Waals surface area contributed by atoms with E-state index < -0.39 is 0 Å². The first-order valence-corrected chi connectivity index (χ1v) is 12.5. The van der Waals surface area contributed by atoms with E-state index in [4.69, 9.17) is 4.74 Å². The second-order valence-electron chi connectivity index (χ2n) is 10.5. The van der Waals surface area contributed by atoms with Crippen molar-refractivity contribution >= 4 is 0 Å². The molecule has 2 aromatic carbocycles. The predicted molar refractivity (Wildman–Crippen MR) is 137 cm³/mol. The number of benzene rings is 2. The van der Waals surface area contributed by atoms with Crippen molar-refractivity contribution in [3.63, 3.8) is 0 Å². The van der Waals surface area contributed by atoms with Gasteiger partial charge in [0.15, 0.2) is 0 Å². The van der Waals surface area contributed by atoms with Crippen LogP contribution in [0.15, 0.2) is 36.4 Å². The molecular formula is C30H46O. The zero-order chi connectivity index (χ0) is 23.0. The van der Waals surface area contributed by atoms with Crippen LogP contribution in [-0.2, 0) is 17.6 Å². The second-order valence-corrected chi connectivity index (χ2v) is 10.5. The molecule has 0 unspecified atom stereocenters. The Bertz CT molecular complexity index is 678. The highest BCUT2D eigenvalue weighted by molar-refractivity contribution is 5.34. The third-order valence-corrected chi connectivity index (χ3v) is 6.25. The molecule has 172 valence electrons. The molecule has 0 spiro atoms. The fourth-order valence-corrected chi connectivity index (χ4v) is 3.97. The maximum atomic E-state index is 5.99. The molecule has 0 atom stereocenters. The van der Waals surface area contributed by atoms with E-state index >= 15 is 0 Å². The maximum absolute atomic E-state index is 5.99. The third kappa shape index (κ3) is 8.45. The summed E-state index contributed by atoms with van der Waals surface area (Å²) in [6.07, 6.45) is 4.40. The van der Waals surface area contributed by atoms with Gasteiger partial charge in [-0.1, -0.05) is 91.8 Å². The SMILES string of the molecule is CC(C)c1cc(CCCOCCCc2cc(C(C)C)cc(C(C)C)c2)cc(C(C)C)c1. The summed E-state index contributed by atoms with van der Waals surface area (Å²) in [6.45, 7) is 20.0. The van der Waals surface area contributed by atoms with Gasteiger partial charge >= 0.3 is 0 Å². The smallest absolute Gasteiger partial charge is 0.0469 e. The van der Waals surface area contributed by atoms with E-state index in [0.717, 1.165) is 38.9 Å². The summed E-state index contributed by atoms with van der Waals surface area (Å²) in [6, 6.07) is 14.3. The topological polar surface area (TPSA) is 9.23 Å². The fraction of sp³-hybridized carbons (Fsp3) is 0.600. The second kappa shape index (κ2) is 12.4. The summed E-state index contributed by atoms with van der Waals surface area (Å²) in [5, 5.41) is 0. The van der Waals surface area contributed by atoms with E-state index in [-0.39, 0.29) is 0 Å². The molecule has 0 saturated heterocycles. The molecule has 1 heteroatoms. The number of ether oxygens (including phenoxy) is 1. The van der Waals surface area contributed by atoms with E-state index in [2.05, 4.69) is 91.8 Å². The molecule has 0 bridgehead atoms. The normalized spacial score (nSPS) is 12.0. The highest BCUT2D eigenvalue weighted by Gasteiger charge is 2.09. The summed E-state index contributed by atoms with van der Waals surface area (Å²) in [4.78, 5) is 0. The Labute approximate surface area is 192 Å². The standard InChI is InChI=1S/C30H46O/c1-21(2)27-15-25(16-28(19-27)22(3)4)11-9-13-31-14-10-12-26-17-29(23(5)6)20-30(18-26)24(7)8/h15-24H,9-14H2,1-8H3. The van der Waals surface area contributed by atoms with Crippen molar-refractivity contribution < 1.29 is 4.74 Å². The molecule has 0 N–H and O–H groups in total. The first kappa shape index (κ1) is 25.7. The van der Waals surface area contributed by atoms with Crippen molar-refractivity contribution in [3.05, 3.63) is 69.8 Å². The lowest BCUT2D eigenvalue weighted by Crippen LogP contribution is -2.03. The van der Waals surface area contributed by atoms with Crippen molar-refractivity contribution in [2.75, 3.05) is 13.2 Å². The van der Waals surface area contributed by atoms with E-state index in [0.29, 0.717) is 23.7 Å². The number of hydrogen-bond donors (Lipinski definition) is 0. The molecule has 0 fully saturated rings. The summed E-state index contributed by atoms with van der Waals surface area (Å²) < 4.78 is 5.99. The maximum Gasteiger partial charge on any atom is 0.0469 e. The Morgan fingerprint density at radius 3 is 1.03 bits per heavy atom. The largest absolute Gasteiger partial charge is 0.381 e. The molecule has 0 radical (unpaired) electrons. The van der Waals surface area contributed by atoms with Gasteiger partial charge in [0.2, 0.25) is 0 Å². The van der Waals surface area contributed by atoms with Crippen LogP contribution in [0.4, 0.5) is 0 Å². The van der Waals surface area contributed by atoms with Gasteiger partial charge in [-0.2, -0.15) is 0 Å².